The second kappa shape index (κ2) is 8.20. The van der Waals surface area contributed by atoms with Crippen LogP contribution in [0.5, 0.6) is 5.88 Å². The number of nitrogens with zero attached hydrogens (tertiary/aromatic N) is 3. The summed E-state index contributed by atoms with van der Waals surface area (Å²) in [6.45, 7) is 3.32. The Morgan fingerprint density at radius 1 is 1.37 bits per heavy atom. The quantitative estimate of drug-likeness (QED) is 0.413. The summed E-state index contributed by atoms with van der Waals surface area (Å²) in [6.07, 6.45) is 3.26. The van der Waals surface area contributed by atoms with Gasteiger partial charge in [-0.25, -0.2) is 4.98 Å². The fourth-order valence-electron chi connectivity index (χ4n) is 1.36. The van der Waals surface area contributed by atoms with Crippen molar-refractivity contribution in [2.24, 2.45) is 0 Å². The predicted molar refractivity (Wildman–Crippen MR) is 69.5 cm³/mol. The zero-order valence-electron chi connectivity index (χ0n) is 11.1. The predicted octanol–water partition coefficient (Wildman–Crippen LogP) is 1.62. The molecule has 19 heavy (non-hydrogen) atoms. The fraction of sp³-hybridized carbons (Fsp3) is 0.636. The van der Waals surface area contributed by atoms with Crippen LogP contribution in [0.1, 0.15) is 19.8 Å². The van der Waals surface area contributed by atoms with Gasteiger partial charge in [0.05, 0.1) is 11.5 Å². The van der Waals surface area contributed by atoms with Crippen LogP contribution in [-0.4, -0.2) is 41.8 Å². The van der Waals surface area contributed by atoms with E-state index in [0.29, 0.717) is 13.2 Å². The van der Waals surface area contributed by atoms with Crippen LogP contribution in [-0.2, 0) is 4.74 Å². The molecule has 0 bridgehead atoms. The van der Waals surface area contributed by atoms with Crippen molar-refractivity contribution in [1.82, 2.24) is 9.97 Å². The van der Waals surface area contributed by atoms with Crippen LogP contribution in [0.2, 0.25) is 0 Å². The summed E-state index contributed by atoms with van der Waals surface area (Å²) in [5.74, 6) is 0.0744. The molecular formula is C11H18N4O4. The molecule has 0 aliphatic heterocycles. The molecular weight excluding hydrogens is 252 g/mol. The lowest BCUT2D eigenvalue weighted by atomic mass is 10.4. The van der Waals surface area contributed by atoms with Gasteiger partial charge in [0, 0.05) is 13.7 Å². The van der Waals surface area contributed by atoms with E-state index in [1.165, 1.54) is 6.33 Å². The zero-order chi connectivity index (χ0) is 14.1. The Labute approximate surface area is 111 Å². The van der Waals surface area contributed by atoms with Crippen molar-refractivity contribution in [1.29, 1.82) is 0 Å². The minimum absolute atomic E-state index is 0.0524. The highest BCUT2D eigenvalue weighted by molar-refractivity contribution is 5.60. The summed E-state index contributed by atoms with van der Waals surface area (Å²) in [5.41, 5.74) is -0.265. The van der Waals surface area contributed by atoms with E-state index < -0.39 is 4.92 Å². The van der Waals surface area contributed by atoms with E-state index in [1.807, 2.05) is 0 Å². The molecule has 0 amide bonds. The standard InChI is InChI=1S/C11H18N4O4/c1-3-4-5-18-6-7-19-11-9(15(16)17)10(12-2)13-8-14-11/h8H,3-7H2,1-2H3,(H,12,13,14). The molecule has 0 aliphatic carbocycles. The number of hydrogen-bond acceptors (Lipinski definition) is 7. The molecule has 8 heteroatoms. The second-order valence-electron chi connectivity index (χ2n) is 3.70. The third kappa shape index (κ3) is 4.66. The molecule has 1 heterocycles. The lowest BCUT2D eigenvalue weighted by molar-refractivity contribution is -0.385. The van der Waals surface area contributed by atoms with Crippen LogP contribution in [0.25, 0.3) is 0 Å². The Bertz CT molecular complexity index is 414. The topological polar surface area (TPSA) is 99.4 Å². The second-order valence-corrected chi connectivity index (χ2v) is 3.70. The highest BCUT2D eigenvalue weighted by Crippen LogP contribution is 2.30. The van der Waals surface area contributed by atoms with Crippen molar-refractivity contribution in [3.8, 4) is 5.88 Å². The van der Waals surface area contributed by atoms with E-state index >= 15 is 0 Å². The van der Waals surface area contributed by atoms with Gasteiger partial charge in [-0.3, -0.25) is 10.1 Å². The Morgan fingerprint density at radius 3 is 2.79 bits per heavy atom. The first-order valence-corrected chi connectivity index (χ1v) is 6.08. The minimum atomic E-state index is -0.570. The van der Waals surface area contributed by atoms with E-state index in [4.69, 9.17) is 9.47 Å². The van der Waals surface area contributed by atoms with Crippen molar-refractivity contribution >= 4 is 11.5 Å². The molecule has 0 spiro atoms. The van der Waals surface area contributed by atoms with Crippen LogP contribution in [0.3, 0.4) is 0 Å². The summed E-state index contributed by atoms with van der Waals surface area (Å²) >= 11 is 0. The van der Waals surface area contributed by atoms with E-state index in [2.05, 4.69) is 22.2 Å². The van der Waals surface area contributed by atoms with Crippen molar-refractivity contribution in [3.05, 3.63) is 16.4 Å². The molecule has 1 rings (SSSR count). The third-order valence-corrected chi connectivity index (χ3v) is 2.32. The molecule has 0 atom stereocenters. The number of nitrogens with one attached hydrogen (secondary N) is 1. The van der Waals surface area contributed by atoms with E-state index in [-0.39, 0.29) is 24.0 Å². The molecule has 0 aromatic carbocycles. The Morgan fingerprint density at radius 2 is 2.16 bits per heavy atom. The highest BCUT2D eigenvalue weighted by atomic mass is 16.6. The van der Waals surface area contributed by atoms with Gasteiger partial charge in [-0.05, 0) is 6.42 Å². The third-order valence-electron chi connectivity index (χ3n) is 2.32. The first-order valence-electron chi connectivity index (χ1n) is 6.08. The van der Waals surface area contributed by atoms with Crippen LogP contribution < -0.4 is 10.1 Å². The number of rotatable bonds is 9. The molecule has 0 fully saturated rings. The molecule has 106 valence electrons. The number of hydrogen-bond donors (Lipinski definition) is 1. The maximum absolute atomic E-state index is 10.9. The molecule has 0 radical (unpaired) electrons. The zero-order valence-corrected chi connectivity index (χ0v) is 11.1. The number of aromatic nitrogens is 2. The summed E-state index contributed by atoms with van der Waals surface area (Å²) in [7, 11) is 1.55. The van der Waals surface area contributed by atoms with Crippen molar-refractivity contribution < 1.29 is 14.4 Å². The first-order chi connectivity index (χ1) is 9.20. The molecule has 1 aromatic heterocycles. The lowest BCUT2D eigenvalue weighted by Crippen LogP contribution is -2.10. The van der Waals surface area contributed by atoms with E-state index in [9.17, 15) is 10.1 Å². The van der Waals surface area contributed by atoms with Gasteiger partial charge in [0.15, 0.2) is 0 Å². The molecule has 0 aliphatic rings. The monoisotopic (exact) mass is 270 g/mol. The van der Waals surface area contributed by atoms with Gasteiger partial charge in [-0.1, -0.05) is 13.3 Å². The summed E-state index contributed by atoms with van der Waals surface area (Å²) in [4.78, 5) is 17.9. The lowest BCUT2D eigenvalue weighted by Gasteiger charge is -2.08. The average Bonchev–Trinajstić information content (AvgIpc) is 2.42. The summed E-state index contributed by atoms with van der Waals surface area (Å²) in [5, 5.41) is 13.6. The molecule has 0 saturated carbocycles. The van der Waals surface area contributed by atoms with Gasteiger partial charge in [-0.2, -0.15) is 4.98 Å². The highest BCUT2D eigenvalue weighted by Gasteiger charge is 2.23. The molecule has 1 N–H and O–H groups in total. The molecule has 8 nitrogen and oxygen atoms in total. The number of anilines is 1. The minimum Gasteiger partial charge on any atom is -0.470 e. The molecule has 0 saturated heterocycles. The maximum Gasteiger partial charge on any atom is 0.372 e. The van der Waals surface area contributed by atoms with Crippen LogP contribution in [0.4, 0.5) is 11.5 Å². The van der Waals surface area contributed by atoms with Crippen LogP contribution >= 0.6 is 0 Å². The van der Waals surface area contributed by atoms with Gasteiger partial charge in [0.25, 0.3) is 5.88 Å². The van der Waals surface area contributed by atoms with Crippen LogP contribution in [0.15, 0.2) is 6.33 Å². The first kappa shape index (κ1) is 15.1. The number of unbranched alkanes of at least 4 members (excludes halogenated alkanes) is 1. The van der Waals surface area contributed by atoms with Gasteiger partial charge in [-0.15, -0.1) is 0 Å². The van der Waals surface area contributed by atoms with E-state index in [1.54, 1.807) is 7.05 Å². The smallest absolute Gasteiger partial charge is 0.372 e. The summed E-state index contributed by atoms with van der Waals surface area (Å²) in [6, 6.07) is 0. The average molecular weight is 270 g/mol. The number of nitro groups is 1. The van der Waals surface area contributed by atoms with Crippen LogP contribution in [0, 0.1) is 10.1 Å². The summed E-state index contributed by atoms with van der Waals surface area (Å²) < 4.78 is 10.6. The van der Waals surface area contributed by atoms with Gasteiger partial charge >= 0.3 is 5.69 Å². The van der Waals surface area contributed by atoms with Gasteiger partial charge in [0.1, 0.15) is 12.9 Å². The normalized spacial score (nSPS) is 10.2. The fourth-order valence-corrected chi connectivity index (χ4v) is 1.36. The maximum atomic E-state index is 10.9. The SMILES string of the molecule is CCCCOCCOc1ncnc(NC)c1[N+](=O)[O-]. The van der Waals surface area contributed by atoms with E-state index in [0.717, 1.165) is 12.8 Å². The van der Waals surface area contributed by atoms with Gasteiger partial charge < -0.3 is 14.8 Å². The Hall–Kier alpha value is -1.96. The Kier molecular flexibility index (Phi) is 6.51. The Balaban J connectivity index is 2.55. The van der Waals surface area contributed by atoms with Crippen molar-refractivity contribution in [2.75, 3.05) is 32.2 Å². The van der Waals surface area contributed by atoms with Crippen molar-refractivity contribution in [3.63, 3.8) is 0 Å². The molecule has 0 unspecified atom stereocenters. The largest absolute Gasteiger partial charge is 0.470 e. The van der Waals surface area contributed by atoms with Crippen molar-refractivity contribution in [2.45, 2.75) is 19.8 Å². The molecule has 1 aromatic rings. The van der Waals surface area contributed by atoms with Gasteiger partial charge in [0.2, 0.25) is 5.82 Å². The number of ether oxygens (including phenoxy) is 2.